The monoisotopic (exact) mass is 251 g/mol. The number of halogens is 1. The lowest BCUT2D eigenvalue weighted by Crippen LogP contribution is -2.18. The van der Waals surface area contributed by atoms with Gasteiger partial charge in [-0.2, -0.15) is 0 Å². The second-order valence-electron chi connectivity index (χ2n) is 4.25. The number of nitrogens with zero attached hydrogens (tertiary/aromatic N) is 1. The van der Waals surface area contributed by atoms with Gasteiger partial charge in [0.2, 0.25) is 5.89 Å². The van der Waals surface area contributed by atoms with Crippen molar-refractivity contribution in [2.45, 2.75) is 19.4 Å². The van der Waals surface area contributed by atoms with Gasteiger partial charge in [-0.3, -0.25) is 0 Å². The van der Waals surface area contributed by atoms with Crippen molar-refractivity contribution >= 4 is 11.6 Å². The summed E-state index contributed by atoms with van der Waals surface area (Å²) in [6.07, 6.45) is 1.69. The molecule has 0 aliphatic heterocycles. The van der Waals surface area contributed by atoms with E-state index in [4.69, 9.17) is 20.8 Å². The Kier molecular flexibility index (Phi) is 3.22. The Hall–Kier alpha value is -1.32. The van der Waals surface area contributed by atoms with Crippen LogP contribution in [0.5, 0.6) is 0 Å². The zero-order valence-electron chi connectivity index (χ0n) is 10.0. The molecule has 0 bridgehead atoms. The summed E-state index contributed by atoms with van der Waals surface area (Å²) in [5, 5.41) is 0.692. The number of ether oxygens (including phenoxy) is 1. The molecule has 0 saturated carbocycles. The highest BCUT2D eigenvalue weighted by molar-refractivity contribution is 6.30. The molecule has 0 saturated heterocycles. The number of aromatic nitrogens is 1. The van der Waals surface area contributed by atoms with Crippen molar-refractivity contribution in [1.29, 1.82) is 0 Å². The first kappa shape index (κ1) is 12.1. The number of methoxy groups -OCH3 is 1. The molecule has 0 atom stereocenters. The van der Waals surface area contributed by atoms with E-state index in [2.05, 4.69) is 4.98 Å². The lowest BCUT2D eigenvalue weighted by atomic mass is 10.1. The minimum atomic E-state index is -0.475. The molecule has 1 aromatic heterocycles. The van der Waals surface area contributed by atoms with Crippen molar-refractivity contribution in [1.82, 2.24) is 4.98 Å². The molecular formula is C13H14ClNO2. The number of oxazole rings is 1. The van der Waals surface area contributed by atoms with Crippen LogP contribution in [0.25, 0.3) is 11.5 Å². The van der Waals surface area contributed by atoms with Crippen LogP contribution in [-0.4, -0.2) is 12.1 Å². The van der Waals surface area contributed by atoms with E-state index in [0.717, 1.165) is 5.56 Å². The van der Waals surface area contributed by atoms with E-state index in [9.17, 15) is 0 Å². The van der Waals surface area contributed by atoms with Crippen LogP contribution in [0, 0.1) is 0 Å². The highest BCUT2D eigenvalue weighted by atomic mass is 35.5. The molecule has 1 heterocycles. The molecule has 4 heteroatoms. The van der Waals surface area contributed by atoms with E-state index in [-0.39, 0.29) is 0 Å². The summed E-state index contributed by atoms with van der Waals surface area (Å²) in [5.41, 5.74) is 0.421. The average Bonchev–Trinajstić information content (AvgIpc) is 2.80. The molecule has 0 spiro atoms. The molecule has 0 aliphatic carbocycles. The van der Waals surface area contributed by atoms with Gasteiger partial charge in [-0.25, -0.2) is 4.98 Å². The zero-order chi connectivity index (χ0) is 12.5. The Morgan fingerprint density at radius 3 is 2.47 bits per heavy atom. The van der Waals surface area contributed by atoms with Gasteiger partial charge in [-0.1, -0.05) is 11.6 Å². The average molecular weight is 252 g/mol. The highest BCUT2D eigenvalue weighted by Gasteiger charge is 2.24. The second kappa shape index (κ2) is 4.51. The van der Waals surface area contributed by atoms with E-state index in [1.165, 1.54) is 0 Å². The van der Waals surface area contributed by atoms with Crippen molar-refractivity contribution in [3.05, 3.63) is 41.2 Å². The molecule has 0 amide bonds. The van der Waals surface area contributed by atoms with Crippen LogP contribution < -0.4 is 0 Å². The number of benzene rings is 1. The minimum Gasteiger partial charge on any atom is -0.438 e. The van der Waals surface area contributed by atoms with E-state index >= 15 is 0 Å². The predicted octanol–water partition coefficient (Wildman–Crippen LogP) is 3.88. The lowest BCUT2D eigenvalue weighted by Gasteiger charge is -2.18. The van der Waals surface area contributed by atoms with Gasteiger partial charge >= 0.3 is 0 Å². The number of hydrogen-bond acceptors (Lipinski definition) is 3. The van der Waals surface area contributed by atoms with Gasteiger partial charge in [-0.05, 0) is 38.1 Å². The van der Waals surface area contributed by atoms with Crippen LogP contribution in [0.1, 0.15) is 19.6 Å². The van der Waals surface area contributed by atoms with Crippen molar-refractivity contribution < 1.29 is 9.15 Å². The molecule has 0 radical (unpaired) electrons. The van der Waals surface area contributed by atoms with Crippen molar-refractivity contribution in [3.63, 3.8) is 0 Å². The van der Waals surface area contributed by atoms with Crippen LogP contribution in [0.3, 0.4) is 0 Å². The maximum absolute atomic E-state index is 5.83. The number of rotatable bonds is 3. The Morgan fingerprint density at radius 1 is 1.24 bits per heavy atom. The Balaban J connectivity index is 2.33. The third-order valence-electron chi connectivity index (χ3n) is 2.70. The van der Waals surface area contributed by atoms with Gasteiger partial charge in [0.05, 0.1) is 6.20 Å². The summed E-state index contributed by atoms with van der Waals surface area (Å²) in [6.45, 7) is 3.86. The zero-order valence-corrected chi connectivity index (χ0v) is 10.8. The summed E-state index contributed by atoms with van der Waals surface area (Å²) in [5.74, 6) is 1.27. The van der Waals surface area contributed by atoms with Crippen LogP contribution in [-0.2, 0) is 10.3 Å². The van der Waals surface area contributed by atoms with E-state index < -0.39 is 5.60 Å². The van der Waals surface area contributed by atoms with Crippen LogP contribution in [0.2, 0.25) is 5.02 Å². The summed E-state index contributed by atoms with van der Waals surface area (Å²) in [6, 6.07) is 7.36. The lowest BCUT2D eigenvalue weighted by molar-refractivity contribution is 0.00139. The first-order valence-electron chi connectivity index (χ1n) is 5.30. The van der Waals surface area contributed by atoms with Crippen molar-refractivity contribution in [2.24, 2.45) is 0 Å². The van der Waals surface area contributed by atoms with Gasteiger partial charge < -0.3 is 9.15 Å². The molecule has 0 fully saturated rings. The largest absolute Gasteiger partial charge is 0.438 e. The molecule has 0 N–H and O–H groups in total. The smallest absolute Gasteiger partial charge is 0.226 e. The van der Waals surface area contributed by atoms with E-state index in [1.54, 1.807) is 13.3 Å². The Morgan fingerprint density at radius 2 is 1.88 bits per heavy atom. The SMILES string of the molecule is COC(C)(C)c1cnc(-c2ccc(Cl)cc2)o1. The maximum Gasteiger partial charge on any atom is 0.226 e. The van der Waals surface area contributed by atoms with Crippen LogP contribution in [0.15, 0.2) is 34.9 Å². The van der Waals surface area contributed by atoms with E-state index in [0.29, 0.717) is 16.7 Å². The molecule has 1 aromatic carbocycles. The fourth-order valence-electron chi connectivity index (χ4n) is 1.38. The van der Waals surface area contributed by atoms with Gasteiger partial charge in [0.25, 0.3) is 0 Å². The third kappa shape index (κ3) is 2.51. The second-order valence-corrected chi connectivity index (χ2v) is 4.69. The Labute approximate surface area is 105 Å². The summed E-state index contributed by atoms with van der Waals surface area (Å²) in [4.78, 5) is 4.24. The fourth-order valence-corrected chi connectivity index (χ4v) is 1.50. The minimum absolute atomic E-state index is 0.475. The molecule has 3 nitrogen and oxygen atoms in total. The van der Waals surface area contributed by atoms with Gasteiger partial charge in [0.1, 0.15) is 5.60 Å². The van der Waals surface area contributed by atoms with Gasteiger partial charge in [0, 0.05) is 17.7 Å². The molecule has 2 rings (SSSR count). The molecule has 0 unspecified atom stereocenters. The first-order valence-corrected chi connectivity index (χ1v) is 5.68. The molecule has 17 heavy (non-hydrogen) atoms. The fraction of sp³-hybridized carbons (Fsp3) is 0.308. The van der Waals surface area contributed by atoms with Crippen molar-refractivity contribution in [3.8, 4) is 11.5 Å². The summed E-state index contributed by atoms with van der Waals surface area (Å²) < 4.78 is 11.0. The summed E-state index contributed by atoms with van der Waals surface area (Å²) in [7, 11) is 1.64. The quantitative estimate of drug-likeness (QED) is 0.831. The Bertz CT molecular complexity index is 502. The first-order chi connectivity index (χ1) is 8.03. The van der Waals surface area contributed by atoms with E-state index in [1.807, 2.05) is 38.1 Å². The molecular weight excluding hydrogens is 238 g/mol. The van der Waals surface area contributed by atoms with Crippen LogP contribution >= 0.6 is 11.6 Å². The maximum atomic E-state index is 5.83. The third-order valence-corrected chi connectivity index (χ3v) is 2.95. The standard InChI is InChI=1S/C13H14ClNO2/c1-13(2,16-3)11-8-15-12(17-11)9-4-6-10(14)7-5-9/h4-8H,1-3H3. The van der Waals surface area contributed by atoms with Crippen molar-refractivity contribution in [2.75, 3.05) is 7.11 Å². The van der Waals surface area contributed by atoms with Gasteiger partial charge in [-0.15, -0.1) is 0 Å². The molecule has 90 valence electrons. The normalized spacial score (nSPS) is 11.8. The number of hydrogen-bond donors (Lipinski definition) is 0. The highest BCUT2D eigenvalue weighted by Crippen LogP contribution is 2.28. The van der Waals surface area contributed by atoms with Gasteiger partial charge in [0.15, 0.2) is 5.76 Å². The predicted molar refractivity (Wildman–Crippen MR) is 67.0 cm³/mol. The summed E-state index contributed by atoms with van der Waals surface area (Å²) >= 11 is 5.83. The molecule has 0 aliphatic rings. The molecule has 2 aromatic rings. The topological polar surface area (TPSA) is 35.3 Å². The van der Waals surface area contributed by atoms with Crippen LogP contribution in [0.4, 0.5) is 0 Å².